The van der Waals surface area contributed by atoms with E-state index in [4.69, 9.17) is 0 Å². The van der Waals surface area contributed by atoms with Gasteiger partial charge in [0.1, 0.15) is 5.69 Å². The van der Waals surface area contributed by atoms with Crippen LogP contribution in [0, 0.1) is 10.1 Å². The lowest BCUT2D eigenvalue weighted by Crippen LogP contribution is -2.23. The van der Waals surface area contributed by atoms with E-state index in [9.17, 15) is 23.3 Å². The van der Waals surface area contributed by atoms with Crippen LogP contribution in [0.5, 0.6) is 0 Å². The number of anilines is 1. The molecular weight excluding hydrogens is 344 g/mol. The Morgan fingerprint density at radius 3 is 2.36 bits per heavy atom. The SMILES string of the molecule is CC(C)S(=O)(=O)Nc1cc(C(=O)Cc2ccccc2)ccc1[N+](=O)[O-]. The topological polar surface area (TPSA) is 106 Å². The van der Waals surface area contributed by atoms with Crippen molar-refractivity contribution in [2.24, 2.45) is 0 Å². The van der Waals surface area contributed by atoms with Gasteiger partial charge >= 0.3 is 0 Å². The van der Waals surface area contributed by atoms with Crippen LogP contribution in [0.2, 0.25) is 0 Å². The number of Topliss-reactive ketones (excluding diaryl/α,β-unsaturated/α-hetero) is 1. The van der Waals surface area contributed by atoms with Crippen molar-refractivity contribution in [2.75, 3.05) is 4.72 Å². The Hall–Kier alpha value is -2.74. The summed E-state index contributed by atoms with van der Waals surface area (Å²) in [5.41, 5.74) is 0.393. The summed E-state index contributed by atoms with van der Waals surface area (Å²) in [7, 11) is -3.77. The van der Waals surface area contributed by atoms with Gasteiger partial charge in [-0.2, -0.15) is 0 Å². The number of carbonyl (C=O) groups is 1. The van der Waals surface area contributed by atoms with Gasteiger partial charge < -0.3 is 0 Å². The van der Waals surface area contributed by atoms with E-state index in [0.29, 0.717) is 0 Å². The number of nitrogens with zero attached hydrogens (tertiary/aromatic N) is 1. The smallest absolute Gasteiger partial charge is 0.293 e. The highest BCUT2D eigenvalue weighted by Crippen LogP contribution is 2.27. The molecule has 0 aliphatic heterocycles. The van der Waals surface area contributed by atoms with Gasteiger partial charge in [-0.1, -0.05) is 30.3 Å². The predicted molar refractivity (Wildman–Crippen MR) is 95.3 cm³/mol. The molecule has 8 heteroatoms. The molecule has 0 spiro atoms. The first-order valence-corrected chi connectivity index (χ1v) is 9.12. The highest BCUT2D eigenvalue weighted by molar-refractivity contribution is 7.93. The first-order valence-electron chi connectivity index (χ1n) is 7.58. The second-order valence-corrected chi connectivity index (χ2v) is 8.01. The Morgan fingerprint density at radius 2 is 1.80 bits per heavy atom. The van der Waals surface area contributed by atoms with Crippen LogP contribution >= 0.6 is 0 Å². The van der Waals surface area contributed by atoms with E-state index in [2.05, 4.69) is 4.72 Å². The highest BCUT2D eigenvalue weighted by Gasteiger charge is 2.23. The molecular formula is C17H18N2O5S. The Balaban J connectivity index is 2.36. The van der Waals surface area contributed by atoms with Gasteiger partial charge in [0.2, 0.25) is 10.0 Å². The van der Waals surface area contributed by atoms with Crippen molar-refractivity contribution in [3.8, 4) is 0 Å². The number of nitrogens with one attached hydrogen (secondary N) is 1. The monoisotopic (exact) mass is 362 g/mol. The van der Waals surface area contributed by atoms with E-state index >= 15 is 0 Å². The van der Waals surface area contributed by atoms with Crippen LogP contribution in [-0.2, 0) is 16.4 Å². The number of carbonyl (C=O) groups excluding carboxylic acids is 1. The van der Waals surface area contributed by atoms with Gasteiger partial charge in [0.15, 0.2) is 5.78 Å². The maximum Gasteiger partial charge on any atom is 0.293 e. The fraction of sp³-hybridized carbons (Fsp3) is 0.235. The second kappa shape index (κ2) is 7.43. The number of rotatable bonds is 7. The average molecular weight is 362 g/mol. The van der Waals surface area contributed by atoms with Gasteiger partial charge in [0.05, 0.1) is 10.2 Å². The minimum atomic E-state index is -3.77. The predicted octanol–water partition coefficient (Wildman–Crippen LogP) is 3.17. The maximum atomic E-state index is 12.4. The zero-order valence-corrected chi connectivity index (χ0v) is 14.6. The molecule has 25 heavy (non-hydrogen) atoms. The molecule has 0 atom stereocenters. The largest absolute Gasteiger partial charge is 0.294 e. The number of ketones is 1. The summed E-state index contributed by atoms with van der Waals surface area (Å²) in [5, 5.41) is 10.4. The van der Waals surface area contributed by atoms with E-state index < -0.39 is 25.9 Å². The van der Waals surface area contributed by atoms with Crippen molar-refractivity contribution >= 4 is 27.2 Å². The lowest BCUT2D eigenvalue weighted by Gasteiger charge is -2.12. The Labute approximate surface area is 145 Å². The molecule has 0 aliphatic carbocycles. The zero-order valence-electron chi connectivity index (χ0n) is 13.8. The summed E-state index contributed by atoms with van der Waals surface area (Å²) in [6, 6.07) is 12.7. The van der Waals surface area contributed by atoms with Crippen molar-refractivity contribution < 1.29 is 18.1 Å². The van der Waals surface area contributed by atoms with Crippen molar-refractivity contribution in [2.45, 2.75) is 25.5 Å². The molecule has 0 aromatic heterocycles. The molecule has 0 fully saturated rings. The molecule has 2 aromatic rings. The van der Waals surface area contributed by atoms with E-state index in [-0.39, 0.29) is 23.5 Å². The van der Waals surface area contributed by atoms with Gasteiger partial charge in [-0.05, 0) is 31.5 Å². The van der Waals surface area contributed by atoms with Gasteiger partial charge in [-0.15, -0.1) is 0 Å². The van der Waals surface area contributed by atoms with Crippen LogP contribution in [0.4, 0.5) is 11.4 Å². The Bertz CT molecular complexity index is 893. The third-order valence-corrected chi connectivity index (χ3v) is 5.34. The lowest BCUT2D eigenvalue weighted by molar-refractivity contribution is -0.383. The third kappa shape index (κ3) is 4.63. The molecule has 132 valence electrons. The zero-order chi connectivity index (χ0) is 18.6. The molecule has 1 N–H and O–H groups in total. The van der Waals surface area contributed by atoms with Gasteiger partial charge in [-0.25, -0.2) is 8.42 Å². The van der Waals surface area contributed by atoms with E-state index in [1.54, 1.807) is 24.3 Å². The molecule has 0 heterocycles. The number of nitro groups is 1. The van der Waals surface area contributed by atoms with E-state index in [1.165, 1.54) is 26.0 Å². The van der Waals surface area contributed by atoms with Crippen LogP contribution < -0.4 is 4.72 Å². The van der Waals surface area contributed by atoms with Crippen molar-refractivity contribution in [3.63, 3.8) is 0 Å². The minimum absolute atomic E-state index is 0.120. The number of hydrogen-bond donors (Lipinski definition) is 1. The molecule has 2 rings (SSSR count). The average Bonchev–Trinajstić information content (AvgIpc) is 2.55. The number of hydrogen-bond acceptors (Lipinski definition) is 5. The third-order valence-electron chi connectivity index (χ3n) is 3.60. The molecule has 7 nitrogen and oxygen atoms in total. The Morgan fingerprint density at radius 1 is 1.16 bits per heavy atom. The summed E-state index contributed by atoms with van der Waals surface area (Å²) < 4.78 is 26.3. The molecule has 0 amide bonds. The molecule has 0 aliphatic rings. The van der Waals surface area contributed by atoms with Gasteiger partial charge in [0.25, 0.3) is 5.69 Å². The Kier molecular flexibility index (Phi) is 5.53. The first-order chi connectivity index (χ1) is 11.7. The van der Waals surface area contributed by atoms with E-state index in [0.717, 1.165) is 11.6 Å². The minimum Gasteiger partial charge on any atom is -0.294 e. The molecule has 0 radical (unpaired) electrons. The van der Waals surface area contributed by atoms with Crippen LogP contribution in [0.15, 0.2) is 48.5 Å². The van der Waals surface area contributed by atoms with Gasteiger partial charge in [0, 0.05) is 18.1 Å². The van der Waals surface area contributed by atoms with Crippen LogP contribution in [-0.4, -0.2) is 24.4 Å². The summed E-state index contributed by atoms with van der Waals surface area (Å²) >= 11 is 0. The molecule has 0 bridgehead atoms. The molecule has 0 saturated carbocycles. The number of benzene rings is 2. The fourth-order valence-electron chi connectivity index (χ4n) is 2.10. The quantitative estimate of drug-likeness (QED) is 0.462. The fourth-order valence-corrected chi connectivity index (χ4v) is 2.81. The van der Waals surface area contributed by atoms with Crippen molar-refractivity contribution in [1.29, 1.82) is 0 Å². The second-order valence-electron chi connectivity index (χ2n) is 5.77. The maximum absolute atomic E-state index is 12.4. The number of sulfonamides is 1. The van der Waals surface area contributed by atoms with Crippen molar-refractivity contribution in [1.82, 2.24) is 0 Å². The van der Waals surface area contributed by atoms with Crippen LogP contribution in [0.1, 0.15) is 29.8 Å². The standard InChI is InChI=1S/C17H18N2O5S/c1-12(2)25(23,24)18-15-11-14(8-9-16(15)19(21)22)17(20)10-13-6-4-3-5-7-13/h3-9,11-12,18H,10H2,1-2H3. The summed E-state index contributed by atoms with van der Waals surface area (Å²) in [5.74, 6) is -0.258. The normalized spacial score (nSPS) is 11.3. The molecule has 2 aromatic carbocycles. The molecule has 0 unspecified atom stereocenters. The van der Waals surface area contributed by atoms with Gasteiger partial charge in [-0.3, -0.25) is 19.6 Å². The van der Waals surface area contributed by atoms with Crippen LogP contribution in [0.3, 0.4) is 0 Å². The highest BCUT2D eigenvalue weighted by atomic mass is 32.2. The van der Waals surface area contributed by atoms with Crippen molar-refractivity contribution in [3.05, 3.63) is 69.8 Å². The van der Waals surface area contributed by atoms with Crippen LogP contribution in [0.25, 0.3) is 0 Å². The van der Waals surface area contributed by atoms with E-state index in [1.807, 2.05) is 6.07 Å². The first kappa shape index (κ1) is 18.6. The summed E-state index contributed by atoms with van der Waals surface area (Å²) in [6.45, 7) is 2.91. The lowest BCUT2D eigenvalue weighted by atomic mass is 10.0. The number of nitro benzene ring substituents is 1. The summed E-state index contributed by atoms with van der Waals surface area (Å²) in [6.07, 6.45) is 0.120. The summed E-state index contributed by atoms with van der Waals surface area (Å²) in [4.78, 5) is 22.8. The molecule has 0 saturated heterocycles.